The molecule has 1 rings (SSSR count). The quantitative estimate of drug-likeness (QED) is 0.822. The molecule has 0 radical (unpaired) electrons. The molecule has 2 N–H and O–H groups in total. The minimum Gasteiger partial charge on any atom is -0.324 e. The number of carbonyl (C=O) groups is 1. The van der Waals surface area contributed by atoms with E-state index in [0.29, 0.717) is 0 Å². The normalized spacial score (nSPS) is 11.2. The number of anilines is 1. The molecule has 4 heteroatoms. The van der Waals surface area contributed by atoms with Gasteiger partial charge >= 0.3 is 0 Å². The summed E-state index contributed by atoms with van der Waals surface area (Å²) in [7, 11) is 1.79. The first kappa shape index (κ1) is 12.6. The predicted octanol–water partition coefficient (Wildman–Crippen LogP) is 2.15. The Morgan fingerprint density at radius 3 is 2.56 bits per heavy atom. The Balaban J connectivity index is 2.62. The van der Waals surface area contributed by atoms with Gasteiger partial charge in [-0.25, -0.2) is 4.39 Å². The van der Waals surface area contributed by atoms with Crippen molar-refractivity contribution < 1.29 is 9.18 Å². The molecule has 1 amide bonds. The van der Waals surface area contributed by atoms with Crippen LogP contribution in [0.3, 0.4) is 0 Å². The first-order chi connectivity index (χ1) is 7.44. The van der Waals surface area contributed by atoms with Gasteiger partial charge in [0.2, 0.25) is 5.91 Å². The number of nitrogens with one attached hydrogen (secondary N) is 2. The fourth-order valence-corrected chi connectivity index (χ4v) is 1.25. The maximum atomic E-state index is 13.2. The van der Waals surface area contributed by atoms with Gasteiger partial charge in [-0.1, -0.05) is 12.1 Å². The van der Waals surface area contributed by atoms with Crippen molar-refractivity contribution in [2.45, 2.75) is 25.8 Å². The predicted molar refractivity (Wildman–Crippen MR) is 62.8 cm³/mol. The molecule has 0 fully saturated rings. The van der Waals surface area contributed by atoms with Gasteiger partial charge in [0, 0.05) is 12.0 Å². The molecule has 0 bridgehead atoms. The molecule has 88 valence electrons. The highest BCUT2D eigenvalue weighted by molar-refractivity contribution is 5.91. The maximum Gasteiger partial charge on any atom is 0.226 e. The Bertz CT molecular complexity index is 377. The summed E-state index contributed by atoms with van der Waals surface area (Å²) in [6, 6.07) is 6.13. The summed E-state index contributed by atoms with van der Waals surface area (Å²) in [6.07, 6.45) is 0.290. The highest BCUT2D eigenvalue weighted by Crippen LogP contribution is 2.14. The lowest BCUT2D eigenvalue weighted by atomic mass is 10.0. The summed E-state index contributed by atoms with van der Waals surface area (Å²) in [4.78, 5) is 11.6. The van der Waals surface area contributed by atoms with E-state index in [9.17, 15) is 9.18 Å². The van der Waals surface area contributed by atoms with Crippen LogP contribution in [0.5, 0.6) is 0 Å². The van der Waals surface area contributed by atoms with Gasteiger partial charge in [-0.3, -0.25) is 4.79 Å². The fourth-order valence-electron chi connectivity index (χ4n) is 1.25. The van der Waals surface area contributed by atoms with Gasteiger partial charge in [0.05, 0.1) is 5.69 Å². The van der Waals surface area contributed by atoms with Crippen LogP contribution in [-0.2, 0) is 4.79 Å². The average Bonchev–Trinajstić information content (AvgIpc) is 2.21. The van der Waals surface area contributed by atoms with Crippen LogP contribution >= 0.6 is 0 Å². The minimum atomic E-state index is -0.418. The van der Waals surface area contributed by atoms with Crippen LogP contribution in [0.2, 0.25) is 0 Å². The summed E-state index contributed by atoms with van der Waals surface area (Å²) in [5, 5.41) is 5.56. The molecule has 0 saturated carbocycles. The van der Waals surface area contributed by atoms with Crippen LogP contribution in [0.25, 0.3) is 0 Å². The Labute approximate surface area is 95.0 Å². The first-order valence-corrected chi connectivity index (χ1v) is 5.18. The van der Waals surface area contributed by atoms with E-state index in [-0.39, 0.29) is 23.6 Å². The topological polar surface area (TPSA) is 41.1 Å². The summed E-state index contributed by atoms with van der Waals surface area (Å²) < 4.78 is 13.2. The van der Waals surface area contributed by atoms with Crippen molar-refractivity contribution in [3.05, 3.63) is 30.1 Å². The Morgan fingerprint density at radius 2 is 2.00 bits per heavy atom. The van der Waals surface area contributed by atoms with E-state index >= 15 is 0 Å². The van der Waals surface area contributed by atoms with E-state index in [0.717, 1.165) is 0 Å². The van der Waals surface area contributed by atoms with Crippen molar-refractivity contribution in [2.75, 3.05) is 12.4 Å². The van der Waals surface area contributed by atoms with Crippen LogP contribution in [0, 0.1) is 5.82 Å². The monoisotopic (exact) mass is 224 g/mol. The number of benzene rings is 1. The molecule has 0 aliphatic rings. The molecule has 0 heterocycles. The minimum absolute atomic E-state index is 0.204. The van der Waals surface area contributed by atoms with Crippen molar-refractivity contribution in [1.29, 1.82) is 0 Å². The van der Waals surface area contributed by atoms with Crippen LogP contribution in [0.4, 0.5) is 10.1 Å². The van der Waals surface area contributed by atoms with Gasteiger partial charge in [0.25, 0.3) is 0 Å². The summed E-state index contributed by atoms with van der Waals surface area (Å²) in [5.41, 5.74) is -0.0746. The molecule has 0 aliphatic carbocycles. The third-order valence-corrected chi connectivity index (χ3v) is 2.43. The Morgan fingerprint density at radius 1 is 1.38 bits per heavy atom. The molecular weight excluding hydrogens is 207 g/mol. The van der Waals surface area contributed by atoms with Gasteiger partial charge in [0.15, 0.2) is 0 Å². The number of halogens is 1. The summed E-state index contributed by atoms with van der Waals surface area (Å²) in [5.74, 6) is -0.623. The van der Waals surface area contributed by atoms with Crippen LogP contribution in [0.1, 0.15) is 20.3 Å². The molecule has 1 aromatic rings. The molecule has 3 nitrogen and oxygen atoms in total. The van der Waals surface area contributed by atoms with E-state index < -0.39 is 5.82 Å². The molecule has 0 aliphatic heterocycles. The van der Waals surface area contributed by atoms with Crippen LogP contribution in [0.15, 0.2) is 24.3 Å². The number of hydrogen-bond donors (Lipinski definition) is 2. The SMILES string of the molecule is CNC(C)(C)CC(=O)Nc1ccccc1F. The Kier molecular flexibility index (Phi) is 4.01. The fraction of sp³-hybridized carbons (Fsp3) is 0.417. The van der Waals surface area contributed by atoms with Gasteiger partial charge in [-0.2, -0.15) is 0 Å². The van der Waals surface area contributed by atoms with Gasteiger partial charge in [-0.15, -0.1) is 0 Å². The lowest BCUT2D eigenvalue weighted by Crippen LogP contribution is -2.39. The molecule has 0 spiro atoms. The van der Waals surface area contributed by atoms with E-state index in [2.05, 4.69) is 10.6 Å². The molecule has 16 heavy (non-hydrogen) atoms. The van der Waals surface area contributed by atoms with Crippen molar-refractivity contribution in [3.63, 3.8) is 0 Å². The lowest BCUT2D eigenvalue weighted by molar-refractivity contribution is -0.117. The number of rotatable bonds is 4. The molecule has 0 saturated heterocycles. The lowest BCUT2D eigenvalue weighted by Gasteiger charge is -2.23. The number of amides is 1. The van der Waals surface area contributed by atoms with Gasteiger partial charge in [-0.05, 0) is 33.0 Å². The summed E-state index contributed by atoms with van der Waals surface area (Å²) in [6.45, 7) is 3.82. The molecule has 1 aromatic carbocycles. The second-order valence-corrected chi connectivity index (χ2v) is 4.34. The second-order valence-electron chi connectivity index (χ2n) is 4.34. The maximum absolute atomic E-state index is 13.2. The second kappa shape index (κ2) is 5.07. The molecule has 0 atom stereocenters. The van der Waals surface area contributed by atoms with Crippen molar-refractivity contribution in [1.82, 2.24) is 5.32 Å². The first-order valence-electron chi connectivity index (χ1n) is 5.18. The largest absolute Gasteiger partial charge is 0.324 e. The van der Waals surface area contributed by atoms with E-state index in [1.54, 1.807) is 25.2 Å². The van der Waals surface area contributed by atoms with Gasteiger partial charge < -0.3 is 10.6 Å². The highest BCUT2D eigenvalue weighted by atomic mass is 19.1. The van der Waals surface area contributed by atoms with Crippen molar-refractivity contribution in [3.8, 4) is 0 Å². The van der Waals surface area contributed by atoms with E-state index in [4.69, 9.17) is 0 Å². The van der Waals surface area contributed by atoms with Crippen LogP contribution < -0.4 is 10.6 Å². The zero-order valence-electron chi connectivity index (χ0n) is 9.80. The smallest absolute Gasteiger partial charge is 0.226 e. The third kappa shape index (κ3) is 3.62. The molecule has 0 aromatic heterocycles. The highest BCUT2D eigenvalue weighted by Gasteiger charge is 2.19. The zero-order valence-corrected chi connectivity index (χ0v) is 9.80. The number of para-hydroxylation sites is 1. The molecular formula is C12H17FN2O. The van der Waals surface area contributed by atoms with Crippen LogP contribution in [-0.4, -0.2) is 18.5 Å². The Hall–Kier alpha value is -1.42. The third-order valence-electron chi connectivity index (χ3n) is 2.43. The van der Waals surface area contributed by atoms with E-state index in [1.807, 2.05) is 13.8 Å². The van der Waals surface area contributed by atoms with Crippen molar-refractivity contribution >= 4 is 11.6 Å². The summed E-state index contributed by atoms with van der Waals surface area (Å²) >= 11 is 0. The number of carbonyl (C=O) groups excluding carboxylic acids is 1. The van der Waals surface area contributed by atoms with Crippen molar-refractivity contribution in [2.24, 2.45) is 0 Å². The standard InChI is InChI=1S/C12H17FN2O/c1-12(2,14-3)8-11(16)15-10-7-5-4-6-9(10)13/h4-7,14H,8H2,1-3H3,(H,15,16). The molecule has 0 unspecified atom stereocenters. The van der Waals surface area contributed by atoms with E-state index in [1.165, 1.54) is 6.07 Å². The zero-order chi connectivity index (χ0) is 12.2. The number of hydrogen-bond acceptors (Lipinski definition) is 2. The average molecular weight is 224 g/mol. The van der Waals surface area contributed by atoms with Gasteiger partial charge in [0.1, 0.15) is 5.82 Å².